The van der Waals surface area contributed by atoms with E-state index in [-0.39, 0.29) is 23.5 Å². The average Bonchev–Trinajstić information content (AvgIpc) is 3.03. The van der Waals surface area contributed by atoms with Crippen LogP contribution in [0.2, 0.25) is 0 Å². The molecular weight excluding hydrogens is 413 g/mol. The molecule has 0 saturated carbocycles. The third-order valence-electron chi connectivity index (χ3n) is 5.12. The number of benzene rings is 3. The second kappa shape index (κ2) is 8.81. The zero-order valence-electron chi connectivity index (χ0n) is 16.8. The van der Waals surface area contributed by atoms with E-state index in [1.807, 2.05) is 30.3 Å². The predicted molar refractivity (Wildman–Crippen MR) is 117 cm³/mol. The van der Waals surface area contributed by atoms with E-state index in [1.54, 1.807) is 0 Å². The molecular formula is C24H18FN3O4. The summed E-state index contributed by atoms with van der Waals surface area (Å²) in [7, 11) is 0. The standard InChI is InChI=1S/C24H18FN3O4/c25-18-8-10-19(11-9-18)26-22-21(17-6-12-20(13-7-17)28(31)32)23(29)27(24(22)30)15-14-16-4-2-1-3-5-16/h1-13,26H,14-15H2. The maximum Gasteiger partial charge on any atom is 0.278 e. The lowest BCUT2D eigenvalue weighted by atomic mass is 10.0. The summed E-state index contributed by atoms with van der Waals surface area (Å²) in [5.74, 6) is -1.44. The van der Waals surface area contributed by atoms with Crippen LogP contribution in [-0.2, 0) is 16.0 Å². The topological polar surface area (TPSA) is 92.5 Å². The van der Waals surface area contributed by atoms with Crippen molar-refractivity contribution in [3.05, 3.63) is 112 Å². The van der Waals surface area contributed by atoms with Crippen molar-refractivity contribution >= 4 is 28.8 Å². The Morgan fingerprint density at radius 1 is 0.875 bits per heavy atom. The number of hydrogen-bond acceptors (Lipinski definition) is 5. The van der Waals surface area contributed by atoms with Crippen LogP contribution in [0.1, 0.15) is 11.1 Å². The van der Waals surface area contributed by atoms with E-state index in [0.717, 1.165) is 10.5 Å². The number of nitrogens with one attached hydrogen (secondary N) is 1. The normalized spacial score (nSPS) is 13.6. The maximum absolute atomic E-state index is 13.3. The highest BCUT2D eigenvalue weighted by Crippen LogP contribution is 2.31. The van der Waals surface area contributed by atoms with Gasteiger partial charge in [0.25, 0.3) is 17.5 Å². The van der Waals surface area contributed by atoms with Gasteiger partial charge in [-0.05, 0) is 53.9 Å². The molecule has 0 fully saturated rings. The summed E-state index contributed by atoms with van der Waals surface area (Å²) < 4.78 is 13.3. The minimum Gasteiger partial charge on any atom is -0.350 e. The van der Waals surface area contributed by atoms with Crippen molar-refractivity contribution in [3.63, 3.8) is 0 Å². The Bertz CT molecular complexity index is 1210. The Morgan fingerprint density at radius 3 is 2.16 bits per heavy atom. The third kappa shape index (κ3) is 4.24. The molecule has 4 rings (SSSR count). The van der Waals surface area contributed by atoms with Gasteiger partial charge in [0, 0.05) is 24.4 Å². The van der Waals surface area contributed by atoms with Crippen molar-refractivity contribution in [1.82, 2.24) is 4.90 Å². The second-order valence-corrected chi connectivity index (χ2v) is 7.18. The molecule has 2 amide bonds. The Labute approximate surface area is 182 Å². The van der Waals surface area contributed by atoms with Crippen molar-refractivity contribution in [2.45, 2.75) is 6.42 Å². The number of halogens is 1. The van der Waals surface area contributed by atoms with Gasteiger partial charge in [0.15, 0.2) is 0 Å². The van der Waals surface area contributed by atoms with Gasteiger partial charge in [0.05, 0.1) is 10.5 Å². The molecule has 0 radical (unpaired) electrons. The van der Waals surface area contributed by atoms with Gasteiger partial charge in [-0.3, -0.25) is 24.6 Å². The average molecular weight is 431 g/mol. The van der Waals surface area contributed by atoms with E-state index < -0.39 is 22.6 Å². The Morgan fingerprint density at radius 2 is 1.53 bits per heavy atom. The third-order valence-corrected chi connectivity index (χ3v) is 5.12. The summed E-state index contributed by atoms with van der Waals surface area (Å²) in [6.45, 7) is 0.173. The number of rotatable bonds is 7. The highest BCUT2D eigenvalue weighted by molar-refractivity contribution is 6.36. The van der Waals surface area contributed by atoms with Crippen LogP contribution in [0.15, 0.2) is 84.6 Å². The molecule has 0 aliphatic carbocycles. The number of carbonyl (C=O) groups excluding carboxylic acids is 2. The van der Waals surface area contributed by atoms with Crippen molar-refractivity contribution in [1.29, 1.82) is 0 Å². The monoisotopic (exact) mass is 431 g/mol. The number of anilines is 1. The summed E-state index contributed by atoms with van der Waals surface area (Å²) >= 11 is 0. The van der Waals surface area contributed by atoms with Gasteiger partial charge in [-0.25, -0.2) is 4.39 Å². The number of hydrogen-bond donors (Lipinski definition) is 1. The highest BCUT2D eigenvalue weighted by atomic mass is 19.1. The Hall–Kier alpha value is -4.33. The minimum atomic E-state index is -0.538. The molecule has 0 spiro atoms. The first-order valence-electron chi connectivity index (χ1n) is 9.86. The minimum absolute atomic E-state index is 0.0449. The van der Waals surface area contributed by atoms with Crippen LogP contribution < -0.4 is 5.32 Å². The van der Waals surface area contributed by atoms with Gasteiger partial charge in [0.2, 0.25) is 0 Å². The number of nitro benzene ring substituents is 1. The summed E-state index contributed by atoms with van der Waals surface area (Å²) in [5, 5.41) is 13.9. The number of non-ortho nitro benzene ring substituents is 1. The Kier molecular flexibility index (Phi) is 5.76. The quantitative estimate of drug-likeness (QED) is 0.344. The van der Waals surface area contributed by atoms with Gasteiger partial charge in [-0.15, -0.1) is 0 Å². The van der Waals surface area contributed by atoms with Crippen LogP contribution >= 0.6 is 0 Å². The predicted octanol–water partition coefficient (Wildman–Crippen LogP) is 4.17. The van der Waals surface area contributed by atoms with Gasteiger partial charge >= 0.3 is 0 Å². The van der Waals surface area contributed by atoms with Gasteiger partial charge < -0.3 is 5.32 Å². The molecule has 8 heteroatoms. The van der Waals surface area contributed by atoms with Crippen LogP contribution in [0, 0.1) is 15.9 Å². The molecule has 32 heavy (non-hydrogen) atoms. The van der Waals surface area contributed by atoms with E-state index in [2.05, 4.69) is 5.32 Å². The number of amides is 2. The van der Waals surface area contributed by atoms with Crippen molar-refractivity contribution in [3.8, 4) is 0 Å². The van der Waals surface area contributed by atoms with E-state index in [4.69, 9.17) is 0 Å². The number of nitrogens with zero attached hydrogens (tertiary/aromatic N) is 2. The lowest BCUT2D eigenvalue weighted by molar-refractivity contribution is -0.384. The zero-order chi connectivity index (χ0) is 22.7. The number of imide groups is 1. The molecule has 0 aromatic heterocycles. The summed E-state index contributed by atoms with van der Waals surface area (Å²) in [6.07, 6.45) is 0.482. The molecule has 160 valence electrons. The zero-order valence-corrected chi connectivity index (χ0v) is 16.8. The Balaban J connectivity index is 1.68. The molecule has 1 aliphatic rings. The van der Waals surface area contributed by atoms with E-state index >= 15 is 0 Å². The largest absolute Gasteiger partial charge is 0.350 e. The second-order valence-electron chi connectivity index (χ2n) is 7.18. The fraction of sp³-hybridized carbons (Fsp3) is 0.0833. The van der Waals surface area contributed by atoms with Crippen LogP contribution in [0.4, 0.5) is 15.8 Å². The summed E-state index contributed by atoms with van der Waals surface area (Å²) in [5.41, 5.74) is 1.82. The van der Waals surface area contributed by atoms with E-state index in [0.29, 0.717) is 17.7 Å². The van der Waals surface area contributed by atoms with Crippen molar-refractivity contribution in [2.75, 3.05) is 11.9 Å². The van der Waals surface area contributed by atoms with Gasteiger partial charge in [0.1, 0.15) is 11.5 Å². The lowest BCUT2D eigenvalue weighted by Crippen LogP contribution is -2.34. The van der Waals surface area contributed by atoms with Crippen molar-refractivity contribution in [2.24, 2.45) is 0 Å². The summed E-state index contributed by atoms with van der Waals surface area (Å²) in [4.78, 5) is 38.0. The first-order chi connectivity index (χ1) is 15.4. The van der Waals surface area contributed by atoms with Crippen molar-refractivity contribution < 1.29 is 18.9 Å². The first-order valence-corrected chi connectivity index (χ1v) is 9.86. The molecule has 3 aromatic rings. The SMILES string of the molecule is O=C1C(Nc2ccc(F)cc2)=C(c2ccc([N+](=O)[O-])cc2)C(=O)N1CCc1ccccc1. The first kappa shape index (κ1) is 20.9. The van der Waals surface area contributed by atoms with Gasteiger partial charge in [-0.2, -0.15) is 0 Å². The van der Waals surface area contributed by atoms with E-state index in [9.17, 15) is 24.1 Å². The van der Waals surface area contributed by atoms with Crippen LogP contribution in [0.5, 0.6) is 0 Å². The number of nitro groups is 1. The molecule has 0 atom stereocenters. The molecule has 0 bridgehead atoms. The fourth-order valence-corrected chi connectivity index (χ4v) is 3.48. The molecule has 1 N–H and O–H groups in total. The maximum atomic E-state index is 13.3. The number of carbonyl (C=O) groups is 2. The van der Waals surface area contributed by atoms with Gasteiger partial charge in [-0.1, -0.05) is 30.3 Å². The van der Waals surface area contributed by atoms with Crippen LogP contribution in [0.25, 0.3) is 5.57 Å². The van der Waals surface area contributed by atoms with E-state index in [1.165, 1.54) is 48.5 Å². The molecule has 1 heterocycles. The smallest absolute Gasteiger partial charge is 0.278 e. The molecule has 3 aromatic carbocycles. The molecule has 0 unspecified atom stereocenters. The lowest BCUT2D eigenvalue weighted by Gasteiger charge is -2.15. The fourth-order valence-electron chi connectivity index (χ4n) is 3.48. The molecule has 7 nitrogen and oxygen atoms in total. The van der Waals surface area contributed by atoms with Crippen LogP contribution in [0.3, 0.4) is 0 Å². The highest BCUT2D eigenvalue weighted by Gasteiger charge is 2.39. The summed E-state index contributed by atoms with van der Waals surface area (Å²) in [6, 6.07) is 20.3. The van der Waals surface area contributed by atoms with Crippen LogP contribution in [-0.4, -0.2) is 28.2 Å². The molecule has 0 saturated heterocycles. The molecule has 1 aliphatic heterocycles.